The number of rotatable bonds is 3. The zero-order chi connectivity index (χ0) is 10.1. The van der Waals surface area contributed by atoms with Gasteiger partial charge in [0.2, 0.25) is 0 Å². The number of thioether (sulfide) groups is 1. The standard InChI is InChI=1S/C10H13N3OS/c1-2-7(1)9-6-12-10(15-9)11-5-8-3-4-14-13-8/h3-4,7,9H,1-2,5-6H2,(H,11,12). The van der Waals surface area contributed by atoms with E-state index in [4.69, 9.17) is 4.52 Å². The van der Waals surface area contributed by atoms with Crippen molar-refractivity contribution in [3.05, 3.63) is 18.0 Å². The number of hydrogen-bond donors (Lipinski definition) is 1. The van der Waals surface area contributed by atoms with Crippen LogP contribution in [0.3, 0.4) is 0 Å². The van der Waals surface area contributed by atoms with Crippen LogP contribution in [0.5, 0.6) is 0 Å². The second-order valence-electron chi connectivity index (χ2n) is 3.98. The maximum absolute atomic E-state index is 4.76. The van der Waals surface area contributed by atoms with Crippen LogP contribution in [0.2, 0.25) is 0 Å². The van der Waals surface area contributed by atoms with Crippen LogP contribution in [0.15, 0.2) is 21.8 Å². The van der Waals surface area contributed by atoms with Crippen molar-refractivity contribution in [1.82, 2.24) is 10.5 Å². The van der Waals surface area contributed by atoms with Gasteiger partial charge in [0, 0.05) is 11.3 Å². The topological polar surface area (TPSA) is 50.4 Å². The first-order chi connectivity index (χ1) is 7.42. The summed E-state index contributed by atoms with van der Waals surface area (Å²) in [6.45, 7) is 1.69. The van der Waals surface area contributed by atoms with Crippen molar-refractivity contribution < 1.29 is 4.52 Å². The van der Waals surface area contributed by atoms with Gasteiger partial charge in [-0.3, -0.25) is 4.99 Å². The molecule has 0 spiro atoms. The van der Waals surface area contributed by atoms with Crippen LogP contribution < -0.4 is 5.32 Å². The third kappa shape index (κ3) is 2.17. The number of aromatic nitrogens is 1. The molecular weight excluding hydrogens is 210 g/mol. The number of nitrogens with zero attached hydrogens (tertiary/aromatic N) is 2. The molecule has 1 aliphatic carbocycles. The minimum Gasteiger partial charge on any atom is -0.364 e. The molecule has 0 bridgehead atoms. The van der Waals surface area contributed by atoms with Crippen LogP contribution >= 0.6 is 11.8 Å². The Balaban J connectivity index is 1.48. The van der Waals surface area contributed by atoms with Gasteiger partial charge in [0.25, 0.3) is 0 Å². The lowest BCUT2D eigenvalue weighted by atomic mass is 10.3. The van der Waals surface area contributed by atoms with Crippen LogP contribution in [0.25, 0.3) is 0 Å². The summed E-state index contributed by atoms with van der Waals surface area (Å²) in [5.74, 6) is 0.921. The second-order valence-corrected chi connectivity index (χ2v) is 5.21. The maximum atomic E-state index is 4.76. The Labute approximate surface area is 92.5 Å². The van der Waals surface area contributed by atoms with Gasteiger partial charge >= 0.3 is 0 Å². The Morgan fingerprint density at radius 2 is 2.47 bits per heavy atom. The first-order valence-corrected chi connectivity index (χ1v) is 6.14. The van der Waals surface area contributed by atoms with E-state index in [1.54, 1.807) is 6.26 Å². The van der Waals surface area contributed by atoms with E-state index in [0.717, 1.165) is 28.6 Å². The maximum Gasteiger partial charge on any atom is 0.157 e. The van der Waals surface area contributed by atoms with E-state index < -0.39 is 0 Å². The number of aliphatic imine (C=N–C) groups is 1. The molecule has 3 rings (SSSR count). The fourth-order valence-electron chi connectivity index (χ4n) is 1.70. The van der Waals surface area contributed by atoms with Crippen molar-refractivity contribution in [3.8, 4) is 0 Å². The van der Waals surface area contributed by atoms with E-state index in [1.807, 2.05) is 17.8 Å². The third-order valence-electron chi connectivity index (χ3n) is 2.74. The lowest BCUT2D eigenvalue weighted by Crippen LogP contribution is -2.19. The highest BCUT2D eigenvalue weighted by Gasteiger charge is 2.35. The van der Waals surface area contributed by atoms with Crippen LogP contribution in [0, 0.1) is 5.92 Å². The molecule has 0 amide bonds. The third-order valence-corrected chi connectivity index (χ3v) is 4.07. The number of amidine groups is 1. The Morgan fingerprint density at radius 1 is 1.53 bits per heavy atom. The van der Waals surface area contributed by atoms with Crippen LogP contribution in [-0.2, 0) is 6.54 Å². The van der Waals surface area contributed by atoms with E-state index in [2.05, 4.69) is 15.5 Å². The van der Waals surface area contributed by atoms with Crippen molar-refractivity contribution in [3.63, 3.8) is 0 Å². The normalized spacial score (nSPS) is 25.3. The quantitative estimate of drug-likeness (QED) is 0.846. The Morgan fingerprint density at radius 3 is 3.20 bits per heavy atom. The number of nitrogens with one attached hydrogen (secondary N) is 1. The summed E-state index contributed by atoms with van der Waals surface area (Å²) in [4.78, 5) is 4.49. The first-order valence-electron chi connectivity index (χ1n) is 5.26. The van der Waals surface area contributed by atoms with E-state index >= 15 is 0 Å². The molecular formula is C10H13N3OS. The van der Waals surface area contributed by atoms with Crippen LogP contribution in [0.1, 0.15) is 18.5 Å². The molecule has 1 atom stereocenters. The van der Waals surface area contributed by atoms with Crippen LogP contribution in [-0.4, -0.2) is 22.1 Å². The molecule has 1 fully saturated rings. The molecule has 1 aromatic heterocycles. The molecule has 1 aromatic rings. The highest BCUT2D eigenvalue weighted by Crippen LogP contribution is 2.41. The highest BCUT2D eigenvalue weighted by molar-refractivity contribution is 8.14. The molecule has 0 aromatic carbocycles. The summed E-state index contributed by atoms with van der Waals surface area (Å²) in [7, 11) is 0. The minimum absolute atomic E-state index is 0.708. The molecule has 1 unspecified atom stereocenters. The average molecular weight is 223 g/mol. The fraction of sp³-hybridized carbons (Fsp3) is 0.600. The van der Waals surface area contributed by atoms with Gasteiger partial charge in [-0.1, -0.05) is 16.9 Å². The van der Waals surface area contributed by atoms with Crippen LogP contribution in [0.4, 0.5) is 0 Å². The van der Waals surface area contributed by atoms with Gasteiger partial charge in [-0.05, 0) is 18.8 Å². The van der Waals surface area contributed by atoms with Gasteiger partial charge in [-0.15, -0.1) is 0 Å². The Kier molecular flexibility index (Phi) is 2.40. The van der Waals surface area contributed by atoms with Gasteiger partial charge in [-0.25, -0.2) is 0 Å². The monoisotopic (exact) mass is 223 g/mol. The lowest BCUT2D eigenvalue weighted by Gasteiger charge is -2.05. The zero-order valence-corrected chi connectivity index (χ0v) is 9.17. The first kappa shape index (κ1) is 9.27. The molecule has 0 saturated heterocycles. The summed E-state index contributed by atoms with van der Waals surface area (Å²) in [5.41, 5.74) is 0.924. The van der Waals surface area contributed by atoms with Gasteiger partial charge in [0.05, 0.1) is 13.1 Å². The second kappa shape index (κ2) is 3.89. The Bertz CT molecular complexity index is 359. The van der Waals surface area contributed by atoms with Gasteiger partial charge < -0.3 is 9.84 Å². The summed E-state index contributed by atoms with van der Waals surface area (Å²) in [5, 5.41) is 8.92. The van der Waals surface area contributed by atoms with E-state index in [9.17, 15) is 0 Å². The molecule has 4 nitrogen and oxygen atoms in total. The summed E-state index contributed by atoms with van der Waals surface area (Å²) >= 11 is 1.88. The van der Waals surface area contributed by atoms with Gasteiger partial charge in [-0.2, -0.15) is 0 Å². The zero-order valence-electron chi connectivity index (χ0n) is 8.35. The summed E-state index contributed by atoms with van der Waals surface area (Å²) in [6.07, 6.45) is 4.38. The van der Waals surface area contributed by atoms with E-state index in [1.165, 1.54) is 12.8 Å². The Hall–Kier alpha value is -0.970. The molecule has 1 aliphatic heterocycles. The minimum atomic E-state index is 0.708. The van der Waals surface area contributed by atoms with Crippen molar-refractivity contribution in [1.29, 1.82) is 0 Å². The lowest BCUT2D eigenvalue weighted by molar-refractivity contribution is 0.411. The average Bonchev–Trinajstić information content (AvgIpc) is 2.82. The fourth-order valence-corrected chi connectivity index (χ4v) is 2.90. The molecule has 0 radical (unpaired) electrons. The van der Waals surface area contributed by atoms with Crippen molar-refractivity contribution in [2.24, 2.45) is 10.9 Å². The van der Waals surface area contributed by atoms with Crippen molar-refractivity contribution >= 4 is 16.9 Å². The smallest absolute Gasteiger partial charge is 0.157 e. The molecule has 1 saturated carbocycles. The number of hydrogen-bond acceptors (Lipinski definition) is 5. The molecule has 80 valence electrons. The van der Waals surface area contributed by atoms with Crippen molar-refractivity contribution in [2.45, 2.75) is 24.6 Å². The van der Waals surface area contributed by atoms with E-state index in [0.29, 0.717) is 6.54 Å². The predicted octanol–water partition coefficient (Wildman–Crippen LogP) is 1.65. The molecule has 2 aliphatic rings. The summed E-state index contributed by atoms with van der Waals surface area (Å²) in [6, 6.07) is 1.87. The summed E-state index contributed by atoms with van der Waals surface area (Å²) < 4.78 is 4.76. The molecule has 1 N–H and O–H groups in total. The molecule has 5 heteroatoms. The van der Waals surface area contributed by atoms with Gasteiger partial charge in [0.1, 0.15) is 12.0 Å². The largest absolute Gasteiger partial charge is 0.364 e. The van der Waals surface area contributed by atoms with E-state index in [-0.39, 0.29) is 0 Å². The van der Waals surface area contributed by atoms with Gasteiger partial charge in [0.15, 0.2) is 5.17 Å². The molecule has 2 heterocycles. The van der Waals surface area contributed by atoms with Crippen molar-refractivity contribution in [2.75, 3.05) is 6.54 Å². The highest BCUT2D eigenvalue weighted by atomic mass is 32.2. The molecule has 15 heavy (non-hydrogen) atoms. The SMILES string of the molecule is c1cc(CNC2=NCC(C3CC3)S2)no1. The predicted molar refractivity (Wildman–Crippen MR) is 59.7 cm³/mol.